The molecule has 0 spiro atoms. The molecule has 2 aromatic carbocycles. The first-order valence-corrected chi connectivity index (χ1v) is 9.79. The van der Waals surface area contributed by atoms with Crippen LogP contribution >= 0.6 is 11.6 Å². The van der Waals surface area contributed by atoms with E-state index in [2.05, 4.69) is 25.6 Å². The van der Waals surface area contributed by atoms with Crippen molar-refractivity contribution in [2.24, 2.45) is 5.73 Å². The van der Waals surface area contributed by atoms with Crippen LogP contribution in [0.3, 0.4) is 0 Å². The molecule has 9 heteroatoms. The van der Waals surface area contributed by atoms with Crippen LogP contribution in [0.1, 0.15) is 5.56 Å². The summed E-state index contributed by atoms with van der Waals surface area (Å²) in [5.41, 5.74) is 8.67. The van der Waals surface area contributed by atoms with Gasteiger partial charge in [0.05, 0.1) is 22.8 Å². The molecule has 0 aliphatic heterocycles. The second kappa shape index (κ2) is 8.93. The Hall–Kier alpha value is -3.78. The quantitative estimate of drug-likeness (QED) is 0.404. The van der Waals surface area contributed by atoms with E-state index in [1.165, 1.54) is 6.07 Å². The zero-order valence-electron chi connectivity index (χ0n) is 16.3. The van der Waals surface area contributed by atoms with Crippen molar-refractivity contribution < 1.29 is 9.18 Å². The Balaban J connectivity index is 1.64. The van der Waals surface area contributed by atoms with Crippen LogP contribution in [0.2, 0.25) is 5.02 Å². The number of halogens is 2. The van der Waals surface area contributed by atoms with E-state index in [1.54, 1.807) is 36.8 Å². The van der Waals surface area contributed by atoms with E-state index in [1.807, 2.05) is 18.2 Å². The molecule has 0 saturated heterocycles. The number of nitrogens with one attached hydrogen (secondary N) is 2. The Labute approximate surface area is 182 Å². The third-order valence-electron chi connectivity index (χ3n) is 4.64. The van der Waals surface area contributed by atoms with Gasteiger partial charge in [0.25, 0.3) is 0 Å². The molecule has 4 rings (SSSR count). The molecule has 0 aliphatic carbocycles. The molecule has 2 aromatic heterocycles. The molecule has 7 nitrogen and oxygen atoms in total. The minimum absolute atomic E-state index is 0.0451. The number of hydrogen-bond donors (Lipinski definition) is 3. The maximum atomic E-state index is 14.0. The number of pyridine rings is 1. The largest absolute Gasteiger partial charge is 0.379 e. The predicted molar refractivity (Wildman–Crippen MR) is 119 cm³/mol. The fourth-order valence-corrected chi connectivity index (χ4v) is 3.30. The lowest BCUT2D eigenvalue weighted by Gasteiger charge is -2.13. The fourth-order valence-electron chi connectivity index (χ4n) is 3.09. The van der Waals surface area contributed by atoms with Gasteiger partial charge in [0.2, 0.25) is 11.9 Å². The monoisotopic (exact) mass is 436 g/mol. The highest BCUT2D eigenvalue weighted by molar-refractivity contribution is 6.34. The van der Waals surface area contributed by atoms with E-state index in [0.717, 1.165) is 22.0 Å². The summed E-state index contributed by atoms with van der Waals surface area (Å²) in [5, 5.41) is 7.19. The third-order valence-corrected chi connectivity index (χ3v) is 4.93. The van der Waals surface area contributed by atoms with Crippen LogP contribution in [0.5, 0.6) is 0 Å². The molecule has 0 aliphatic rings. The molecular weight excluding hydrogens is 419 g/mol. The maximum absolute atomic E-state index is 14.0. The van der Waals surface area contributed by atoms with Crippen LogP contribution in [0, 0.1) is 5.82 Å². The van der Waals surface area contributed by atoms with E-state index in [0.29, 0.717) is 22.2 Å². The third kappa shape index (κ3) is 4.70. The van der Waals surface area contributed by atoms with E-state index in [-0.39, 0.29) is 18.9 Å². The van der Waals surface area contributed by atoms with Crippen LogP contribution in [0.15, 0.2) is 61.1 Å². The highest BCUT2D eigenvalue weighted by atomic mass is 35.5. The highest BCUT2D eigenvalue weighted by Crippen LogP contribution is 2.33. The molecule has 1 amide bonds. The number of primary amides is 1. The number of nitrogens with two attached hydrogens (primary N) is 1. The zero-order chi connectivity index (χ0) is 21.8. The number of aromatic nitrogens is 3. The summed E-state index contributed by atoms with van der Waals surface area (Å²) in [6.45, 7) is 0.232. The van der Waals surface area contributed by atoms with Gasteiger partial charge in [0.15, 0.2) is 0 Å². The first kappa shape index (κ1) is 20.5. The molecule has 4 N–H and O–H groups in total. The van der Waals surface area contributed by atoms with E-state index in [9.17, 15) is 9.18 Å². The molecule has 0 atom stereocenters. The standard InChI is InChI=1S/C22H18ClFN6O/c23-17-11-26-19-6-5-13(15-9-28-22(29-10-15)30-12-20(25)31)7-16(19)21(17)27-8-14-3-1-2-4-18(14)24/h1-7,9-11H,8,12H2,(H2,25,31)(H,26,27)(H,28,29,30). The summed E-state index contributed by atoms with van der Waals surface area (Å²) in [7, 11) is 0. The number of benzene rings is 2. The molecule has 4 aromatic rings. The smallest absolute Gasteiger partial charge is 0.236 e. The molecule has 2 heterocycles. The van der Waals surface area contributed by atoms with E-state index in [4.69, 9.17) is 17.3 Å². The van der Waals surface area contributed by atoms with Crippen LogP contribution in [-0.4, -0.2) is 27.4 Å². The second-order valence-corrected chi connectivity index (χ2v) is 7.18. The molecule has 0 bridgehead atoms. The molecule has 0 fully saturated rings. The normalized spacial score (nSPS) is 10.8. The lowest BCUT2D eigenvalue weighted by molar-refractivity contribution is -0.116. The number of carbonyl (C=O) groups excluding carboxylic acids is 1. The van der Waals surface area contributed by atoms with E-state index >= 15 is 0 Å². The summed E-state index contributed by atoms with van der Waals surface area (Å²) in [5.74, 6) is -0.477. The Morgan fingerprint density at radius 3 is 2.52 bits per heavy atom. The van der Waals surface area contributed by atoms with Gasteiger partial charge in [-0.15, -0.1) is 0 Å². The topological polar surface area (TPSA) is 106 Å². The van der Waals surface area contributed by atoms with Crippen LogP contribution in [0.4, 0.5) is 16.0 Å². The first-order valence-electron chi connectivity index (χ1n) is 9.41. The summed E-state index contributed by atoms with van der Waals surface area (Å²) in [4.78, 5) is 23.6. The van der Waals surface area contributed by atoms with Crippen molar-refractivity contribution >= 4 is 40.0 Å². The van der Waals surface area contributed by atoms with Crippen LogP contribution < -0.4 is 16.4 Å². The number of fused-ring (bicyclic) bond motifs is 1. The van der Waals surface area contributed by atoms with Crippen molar-refractivity contribution in [3.8, 4) is 11.1 Å². The number of carbonyl (C=O) groups is 1. The number of amides is 1. The SMILES string of the molecule is NC(=O)CNc1ncc(-c2ccc3ncc(Cl)c(NCc4ccccc4F)c3c2)cn1. The minimum Gasteiger partial charge on any atom is -0.379 e. The Kier molecular flexibility index (Phi) is 5.90. The van der Waals surface area contributed by atoms with Gasteiger partial charge in [-0.1, -0.05) is 35.9 Å². The van der Waals surface area contributed by atoms with Crippen LogP contribution in [0.25, 0.3) is 22.0 Å². The van der Waals surface area contributed by atoms with Crippen molar-refractivity contribution in [1.82, 2.24) is 15.0 Å². The Bertz CT molecular complexity index is 1250. The zero-order valence-corrected chi connectivity index (χ0v) is 17.0. The number of hydrogen-bond acceptors (Lipinski definition) is 6. The van der Waals surface area contributed by atoms with Gasteiger partial charge < -0.3 is 16.4 Å². The average molecular weight is 437 g/mol. The number of rotatable bonds is 7. The number of nitrogens with zero attached hydrogens (tertiary/aromatic N) is 3. The molecule has 0 radical (unpaired) electrons. The van der Waals surface area contributed by atoms with Gasteiger partial charge >= 0.3 is 0 Å². The highest BCUT2D eigenvalue weighted by Gasteiger charge is 2.11. The number of anilines is 2. The van der Waals surface area contributed by atoms with Crippen molar-refractivity contribution in [2.45, 2.75) is 6.54 Å². The summed E-state index contributed by atoms with van der Waals surface area (Å²) in [6, 6.07) is 12.3. The van der Waals surface area contributed by atoms with Gasteiger partial charge in [-0.05, 0) is 23.8 Å². The molecule has 0 saturated carbocycles. The van der Waals surface area contributed by atoms with Crippen molar-refractivity contribution in [1.29, 1.82) is 0 Å². The summed E-state index contributed by atoms with van der Waals surface area (Å²) in [6.07, 6.45) is 4.85. The van der Waals surface area contributed by atoms with Crippen molar-refractivity contribution in [3.63, 3.8) is 0 Å². The Morgan fingerprint density at radius 2 is 1.77 bits per heavy atom. The molecule has 156 valence electrons. The van der Waals surface area contributed by atoms with E-state index < -0.39 is 5.91 Å². The van der Waals surface area contributed by atoms with Crippen molar-refractivity contribution in [2.75, 3.05) is 17.2 Å². The molecule has 0 unspecified atom stereocenters. The first-order chi connectivity index (χ1) is 15.0. The van der Waals surface area contributed by atoms with Crippen molar-refractivity contribution in [3.05, 3.63) is 77.5 Å². The van der Waals surface area contributed by atoms with Gasteiger partial charge in [-0.3, -0.25) is 9.78 Å². The summed E-state index contributed by atoms with van der Waals surface area (Å²) >= 11 is 6.40. The molecule has 31 heavy (non-hydrogen) atoms. The van der Waals surface area contributed by atoms with Gasteiger partial charge in [-0.25, -0.2) is 14.4 Å². The average Bonchev–Trinajstić information content (AvgIpc) is 2.78. The maximum Gasteiger partial charge on any atom is 0.236 e. The minimum atomic E-state index is -0.498. The van der Waals surface area contributed by atoms with Crippen LogP contribution in [-0.2, 0) is 11.3 Å². The van der Waals surface area contributed by atoms with Gasteiger partial charge in [0, 0.05) is 41.6 Å². The summed E-state index contributed by atoms with van der Waals surface area (Å²) < 4.78 is 14.0. The molecular formula is C22H18ClFN6O. The second-order valence-electron chi connectivity index (χ2n) is 6.77. The fraction of sp³-hybridized carbons (Fsp3) is 0.0909. The van der Waals surface area contributed by atoms with Gasteiger partial charge in [-0.2, -0.15) is 0 Å². The predicted octanol–water partition coefficient (Wildman–Crippen LogP) is 3.99. The lowest BCUT2D eigenvalue weighted by Crippen LogP contribution is -2.22. The van der Waals surface area contributed by atoms with Gasteiger partial charge in [0.1, 0.15) is 5.82 Å². The Morgan fingerprint density at radius 1 is 1.00 bits per heavy atom. The lowest BCUT2D eigenvalue weighted by atomic mass is 10.0.